The summed E-state index contributed by atoms with van der Waals surface area (Å²) >= 11 is 3.62. The summed E-state index contributed by atoms with van der Waals surface area (Å²) in [6.45, 7) is 1.99. The first-order valence-electron chi connectivity index (χ1n) is 4.40. The van der Waals surface area contributed by atoms with E-state index in [1.807, 2.05) is 28.4 Å². The SMILES string of the molecule is O=C(C1SCCS1)N1CCCC1. The van der Waals surface area contributed by atoms with Crippen molar-refractivity contribution in [2.24, 2.45) is 0 Å². The number of hydrogen-bond donors (Lipinski definition) is 0. The quantitative estimate of drug-likeness (QED) is 0.643. The second kappa shape index (κ2) is 3.92. The molecule has 4 heteroatoms. The summed E-state index contributed by atoms with van der Waals surface area (Å²) in [6.07, 6.45) is 2.40. The summed E-state index contributed by atoms with van der Waals surface area (Å²) in [5.74, 6) is 2.67. The highest BCUT2D eigenvalue weighted by molar-refractivity contribution is 8.21. The summed E-state index contributed by atoms with van der Waals surface area (Å²) in [6, 6.07) is 0. The van der Waals surface area contributed by atoms with Gasteiger partial charge in [0.2, 0.25) is 5.91 Å². The second-order valence-electron chi connectivity index (χ2n) is 3.11. The van der Waals surface area contributed by atoms with Crippen LogP contribution >= 0.6 is 23.5 Å². The molecular formula is C8H13NOS2. The van der Waals surface area contributed by atoms with Gasteiger partial charge in [0.25, 0.3) is 0 Å². The lowest BCUT2D eigenvalue weighted by atomic mass is 10.4. The Labute approximate surface area is 81.4 Å². The van der Waals surface area contributed by atoms with E-state index in [9.17, 15) is 4.79 Å². The molecule has 0 saturated carbocycles. The third kappa shape index (κ3) is 1.74. The first-order valence-corrected chi connectivity index (χ1v) is 6.50. The molecule has 2 aliphatic rings. The Kier molecular flexibility index (Phi) is 2.86. The molecule has 0 aromatic rings. The van der Waals surface area contributed by atoms with Crippen LogP contribution in [0, 0.1) is 0 Å². The lowest BCUT2D eigenvalue weighted by molar-refractivity contribution is -0.127. The largest absolute Gasteiger partial charge is 0.341 e. The average Bonchev–Trinajstić information content (AvgIpc) is 2.77. The molecule has 0 radical (unpaired) electrons. The van der Waals surface area contributed by atoms with Gasteiger partial charge in [-0.2, -0.15) is 0 Å². The number of carbonyl (C=O) groups is 1. The van der Waals surface area contributed by atoms with Crippen molar-refractivity contribution in [2.75, 3.05) is 24.6 Å². The van der Waals surface area contributed by atoms with Crippen LogP contribution in [0.4, 0.5) is 0 Å². The van der Waals surface area contributed by atoms with Crippen LogP contribution in [0.15, 0.2) is 0 Å². The maximum atomic E-state index is 11.7. The van der Waals surface area contributed by atoms with Gasteiger partial charge >= 0.3 is 0 Å². The third-order valence-corrected chi connectivity index (χ3v) is 5.20. The van der Waals surface area contributed by atoms with Gasteiger partial charge < -0.3 is 4.90 Å². The minimum absolute atomic E-state index is 0.225. The lowest BCUT2D eigenvalue weighted by Crippen LogP contribution is -2.33. The molecule has 2 heterocycles. The zero-order valence-electron chi connectivity index (χ0n) is 6.99. The molecule has 0 aliphatic carbocycles. The van der Waals surface area contributed by atoms with Crippen LogP contribution in [-0.4, -0.2) is 40.0 Å². The molecule has 2 aliphatic heterocycles. The number of hydrogen-bond acceptors (Lipinski definition) is 3. The Bertz CT molecular complexity index is 156. The highest BCUT2D eigenvalue weighted by Crippen LogP contribution is 2.33. The van der Waals surface area contributed by atoms with Crippen LogP contribution in [0.25, 0.3) is 0 Å². The van der Waals surface area contributed by atoms with Gasteiger partial charge in [-0.15, -0.1) is 23.5 Å². The van der Waals surface area contributed by atoms with E-state index >= 15 is 0 Å². The monoisotopic (exact) mass is 203 g/mol. The van der Waals surface area contributed by atoms with E-state index in [-0.39, 0.29) is 4.58 Å². The molecule has 1 amide bonds. The minimum atomic E-state index is 0.225. The van der Waals surface area contributed by atoms with Crippen molar-refractivity contribution in [3.63, 3.8) is 0 Å². The molecular weight excluding hydrogens is 190 g/mol. The van der Waals surface area contributed by atoms with Crippen LogP contribution in [0.5, 0.6) is 0 Å². The Morgan fingerprint density at radius 3 is 2.33 bits per heavy atom. The lowest BCUT2D eigenvalue weighted by Gasteiger charge is -2.18. The highest BCUT2D eigenvalue weighted by Gasteiger charge is 2.29. The predicted molar refractivity (Wildman–Crippen MR) is 54.5 cm³/mol. The van der Waals surface area contributed by atoms with Crippen LogP contribution in [0.2, 0.25) is 0 Å². The van der Waals surface area contributed by atoms with Crippen molar-refractivity contribution < 1.29 is 4.79 Å². The smallest absolute Gasteiger partial charge is 0.245 e. The summed E-state index contributed by atoms with van der Waals surface area (Å²) in [5, 5.41) is 0. The molecule has 0 spiro atoms. The van der Waals surface area contributed by atoms with Crippen LogP contribution < -0.4 is 0 Å². The van der Waals surface area contributed by atoms with Gasteiger partial charge in [-0.1, -0.05) is 0 Å². The van der Waals surface area contributed by atoms with E-state index in [0.29, 0.717) is 5.91 Å². The minimum Gasteiger partial charge on any atom is -0.341 e. The number of thioether (sulfide) groups is 2. The molecule has 2 rings (SSSR count). The third-order valence-electron chi connectivity index (χ3n) is 2.24. The molecule has 0 N–H and O–H groups in total. The van der Waals surface area contributed by atoms with Gasteiger partial charge in [0.05, 0.1) is 0 Å². The number of nitrogens with zero attached hydrogens (tertiary/aromatic N) is 1. The molecule has 0 bridgehead atoms. The Morgan fingerprint density at radius 2 is 1.75 bits per heavy atom. The maximum Gasteiger partial charge on any atom is 0.245 e. The zero-order chi connectivity index (χ0) is 8.39. The maximum absolute atomic E-state index is 11.7. The first kappa shape index (κ1) is 8.75. The van der Waals surface area contributed by atoms with E-state index in [4.69, 9.17) is 0 Å². The second-order valence-corrected chi connectivity index (χ2v) is 5.83. The summed E-state index contributed by atoms with van der Waals surface area (Å²) in [4.78, 5) is 13.8. The van der Waals surface area contributed by atoms with Crippen molar-refractivity contribution in [1.29, 1.82) is 0 Å². The fraction of sp³-hybridized carbons (Fsp3) is 0.875. The van der Waals surface area contributed by atoms with Crippen molar-refractivity contribution in [2.45, 2.75) is 17.4 Å². The van der Waals surface area contributed by atoms with Crippen LogP contribution in [0.1, 0.15) is 12.8 Å². The fourth-order valence-corrected chi connectivity index (χ4v) is 4.33. The van der Waals surface area contributed by atoms with E-state index in [0.717, 1.165) is 24.6 Å². The summed E-state index contributed by atoms with van der Waals surface area (Å²) in [7, 11) is 0. The van der Waals surface area contributed by atoms with Crippen molar-refractivity contribution in [3.8, 4) is 0 Å². The first-order chi connectivity index (χ1) is 5.88. The van der Waals surface area contributed by atoms with Crippen molar-refractivity contribution in [1.82, 2.24) is 4.90 Å². The molecule has 0 aromatic carbocycles. The number of carbonyl (C=O) groups excluding carboxylic acids is 1. The van der Waals surface area contributed by atoms with E-state index in [1.54, 1.807) is 0 Å². The summed E-state index contributed by atoms with van der Waals surface area (Å²) in [5.41, 5.74) is 0. The van der Waals surface area contributed by atoms with Crippen LogP contribution in [-0.2, 0) is 4.79 Å². The van der Waals surface area contributed by atoms with Gasteiger partial charge in [-0.3, -0.25) is 4.79 Å². The molecule has 2 nitrogen and oxygen atoms in total. The average molecular weight is 203 g/mol. The molecule has 0 unspecified atom stereocenters. The van der Waals surface area contributed by atoms with Gasteiger partial charge in [-0.05, 0) is 12.8 Å². The summed E-state index contributed by atoms with van der Waals surface area (Å²) < 4.78 is 0.225. The normalized spacial score (nSPS) is 25.2. The zero-order valence-corrected chi connectivity index (χ0v) is 8.62. The van der Waals surface area contributed by atoms with Gasteiger partial charge in [0.1, 0.15) is 4.58 Å². The highest BCUT2D eigenvalue weighted by atomic mass is 32.2. The predicted octanol–water partition coefficient (Wildman–Crippen LogP) is 1.41. The molecule has 2 fully saturated rings. The Morgan fingerprint density at radius 1 is 1.17 bits per heavy atom. The number of rotatable bonds is 1. The Hall–Kier alpha value is 0.170. The fourth-order valence-electron chi connectivity index (χ4n) is 1.59. The van der Waals surface area contributed by atoms with E-state index in [2.05, 4.69) is 0 Å². The van der Waals surface area contributed by atoms with Gasteiger partial charge in [-0.25, -0.2) is 0 Å². The topological polar surface area (TPSA) is 20.3 Å². The molecule has 0 aromatic heterocycles. The van der Waals surface area contributed by atoms with Crippen LogP contribution in [0.3, 0.4) is 0 Å². The molecule has 12 heavy (non-hydrogen) atoms. The number of amides is 1. The molecule has 0 atom stereocenters. The molecule has 2 saturated heterocycles. The van der Waals surface area contributed by atoms with Crippen molar-refractivity contribution in [3.05, 3.63) is 0 Å². The molecule has 68 valence electrons. The van der Waals surface area contributed by atoms with E-state index in [1.165, 1.54) is 12.8 Å². The standard InChI is InChI=1S/C8H13NOS2/c10-7(8-11-5-6-12-8)9-3-1-2-4-9/h8H,1-6H2. The van der Waals surface area contributed by atoms with E-state index < -0.39 is 0 Å². The Balaban J connectivity index is 1.89. The van der Waals surface area contributed by atoms with Gasteiger partial charge in [0.15, 0.2) is 0 Å². The number of likely N-dealkylation sites (tertiary alicyclic amines) is 1. The van der Waals surface area contributed by atoms with Gasteiger partial charge in [0, 0.05) is 24.6 Å². The van der Waals surface area contributed by atoms with Crippen molar-refractivity contribution >= 4 is 29.4 Å².